The molecular formula is C12H14N2O2. The van der Waals surface area contributed by atoms with Crippen molar-refractivity contribution in [3.63, 3.8) is 0 Å². The number of nitrogens with zero attached hydrogens (tertiary/aromatic N) is 2. The predicted molar refractivity (Wildman–Crippen MR) is 58.5 cm³/mol. The van der Waals surface area contributed by atoms with Gasteiger partial charge < -0.3 is 4.74 Å². The molecule has 0 amide bonds. The molecule has 84 valence electrons. The summed E-state index contributed by atoms with van der Waals surface area (Å²) in [6.45, 7) is 1.78. The van der Waals surface area contributed by atoms with E-state index in [2.05, 4.69) is 15.8 Å². The SMILES string of the molecule is COC(=O)CCC(C)(C#N)c1ccccn1. The molecule has 1 unspecified atom stereocenters. The molecule has 0 spiro atoms. The lowest BCUT2D eigenvalue weighted by Crippen LogP contribution is -2.22. The highest BCUT2D eigenvalue weighted by Gasteiger charge is 2.28. The Morgan fingerprint density at radius 2 is 2.38 bits per heavy atom. The average molecular weight is 218 g/mol. The van der Waals surface area contributed by atoms with Crippen molar-refractivity contribution >= 4 is 5.97 Å². The number of nitriles is 1. The molecule has 4 nitrogen and oxygen atoms in total. The zero-order valence-electron chi connectivity index (χ0n) is 9.43. The molecule has 0 bridgehead atoms. The number of rotatable bonds is 4. The van der Waals surface area contributed by atoms with Gasteiger partial charge in [0, 0.05) is 12.6 Å². The number of esters is 1. The standard InChI is InChI=1S/C12H14N2O2/c1-12(9-13,7-6-11(15)16-2)10-5-3-4-8-14-10/h3-5,8H,6-7H2,1-2H3. The van der Waals surface area contributed by atoms with Crippen molar-refractivity contribution in [3.05, 3.63) is 30.1 Å². The number of carbonyl (C=O) groups excluding carboxylic acids is 1. The fourth-order valence-corrected chi connectivity index (χ4v) is 1.38. The van der Waals surface area contributed by atoms with E-state index < -0.39 is 5.41 Å². The van der Waals surface area contributed by atoms with Crippen molar-refractivity contribution in [2.75, 3.05) is 7.11 Å². The van der Waals surface area contributed by atoms with Crippen LogP contribution in [0.25, 0.3) is 0 Å². The van der Waals surface area contributed by atoms with Crippen LogP contribution < -0.4 is 0 Å². The Labute approximate surface area is 94.9 Å². The van der Waals surface area contributed by atoms with Crippen molar-refractivity contribution in [2.24, 2.45) is 0 Å². The maximum Gasteiger partial charge on any atom is 0.305 e. The zero-order chi connectivity index (χ0) is 12.0. The topological polar surface area (TPSA) is 63.0 Å². The molecule has 0 radical (unpaired) electrons. The monoisotopic (exact) mass is 218 g/mol. The molecule has 0 aliphatic heterocycles. The molecule has 0 aliphatic carbocycles. The van der Waals surface area contributed by atoms with Gasteiger partial charge in [-0.25, -0.2) is 0 Å². The summed E-state index contributed by atoms with van der Waals surface area (Å²) in [6, 6.07) is 7.62. The largest absolute Gasteiger partial charge is 0.469 e. The molecule has 1 aromatic rings. The normalized spacial score (nSPS) is 13.6. The summed E-state index contributed by atoms with van der Waals surface area (Å²) in [5.41, 5.74) is -0.0588. The van der Waals surface area contributed by atoms with Crippen LogP contribution in [0.4, 0.5) is 0 Å². The number of hydrogen-bond donors (Lipinski definition) is 0. The van der Waals surface area contributed by atoms with Crippen LogP contribution in [-0.4, -0.2) is 18.1 Å². The Balaban J connectivity index is 2.80. The highest BCUT2D eigenvalue weighted by Crippen LogP contribution is 2.26. The van der Waals surface area contributed by atoms with E-state index in [4.69, 9.17) is 0 Å². The highest BCUT2D eigenvalue weighted by molar-refractivity contribution is 5.69. The number of hydrogen-bond acceptors (Lipinski definition) is 4. The van der Waals surface area contributed by atoms with Crippen LogP contribution in [0.3, 0.4) is 0 Å². The smallest absolute Gasteiger partial charge is 0.305 e. The third kappa shape index (κ3) is 2.80. The number of ether oxygens (including phenoxy) is 1. The van der Waals surface area contributed by atoms with Crippen LogP contribution in [0.15, 0.2) is 24.4 Å². The van der Waals surface area contributed by atoms with Crippen LogP contribution >= 0.6 is 0 Å². The third-order valence-corrected chi connectivity index (χ3v) is 2.53. The number of aromatic nitrogens is 1. The second kappa shape index (κ2) is 5.26. The quantitative estimate of drug-likeness (QED) is 0.723. The Morgan fingerprint density at radius 1 is 1.62 bits per heavy atom. The molecule has 16 heavy (non-hydrogen) atoms. The van der Waals surface area contributed by atoms with Crippen molar-refractivity contribution < 1.29 is 9.53 Å². The van der Waals surface area contributed by atoms with Crippen LogP contribution in [0.5, 0.6) is 0 Å². The zero-order valence-corrected chi connectivity index (χ0v) is 9.43. The van der Waals surface area contributed by atoms with Gasteiger partial charge in [0.2, 0.25) is 0 Å². The van der Waals surface area contributed by atoms with Gasteiger partial charge in [-0.1, -0.05) is 6.07 Å². The van der Waals surface area contributed by atoms with E-state index in [1.807, 2.05) is 6.07 Å². The minimum Gasteiger partial charge on any atom is -0.469 e. The fourth-order valence-electron chi connectivity index (χ4n) is 1.38. The van der Waals surface area contributed by atoms with E-state index in [0.717, 1.165) is 0 Å². The van der Waals surface area contributed by atoms with Gasteiger partial charge in [0.05, 0.1) is 24.3 Å². The predicted octanol–water partition coefficient (Wildman–Crippen LogP) is 1.82. The van der Waals surface area contributed by atoms with Gasteiger partial charge in [0.1, 0.15) is 0 Å². The van der Waals surface area contributed by atoms with E-state index in [1.54, 1.807) is 25.3 Å². The van der Waals surface area contributed by atoms with Gasteiger partial charge in [-0.05, 0) is 25.5 Å². The van der Waals surface area contributed by atoms with Gasteiger partial charge in [-0.15, -0.1) is 0 Å². The minimum atomic E-state index is -0.741. The maximum atomic E-state index is 11.1. The summed E-state index contributed by atoms with van der Waals surface area (Å²) < 4.78 is 4.56. The Hall–Kier alpha value is -1.89. The first-order chi connectivity index (χ1) is 7.62. The molecule has 0 aromatic carbocycles. The second-order valence-electron chi connectivity index (χ2n) is 3.74. The molecule has 0 N–H and O–H groups in total. The number of carbonyl (C=O) groups is 1. The first-order valence-electron chi connectivity index (χ1n) is 5.02. The Kier molecular flexibility index (Phi) is 4.01. The lowest BCUT2D eigenvalue weighted by atomic mass is 9.83. The third-order valence-electron chi connectivity index (χ3n) is 2.53. The van der Waals surface area contributed by atoms with E-state index in [9.17, 15) is 10.1 Å². The molecule has 1 atom stereocenters. The molecule has 0 saturated carbocycles. The fraction of sp³-hybridized carbons (Fsp3) is 0.417. The van der Waals surface area contributed by atoms with Crippen molar-refractivity contribution in [1.29, 1.82) is 5.26 Å². The molecule has 4 heteroatoms. The summed E-state index contributed by atoms with van der Waals surface area (Å²) >= 11 is 0. The van der Waals surface area contributed by atoms with Crippen molar-refractivity contribution in [3.8, 4) is 6.07 Å². The molecular weight excluding hydrogens is 204 g/mol. The van der Waals surface area contributed by atoms with Crippen molar-refractivity contribution in [1.82, 2.24) is 4.98 Å². The Morgan fingerprint density at radius 3 is 2.88 bits per heavy atom. The first kappa shape index (κ1) is 12.2. The van der Waals surface area contributed by atoms with Gasteiger partial charge >= 0.3 is 5.97 Å². The summed E-state index contributed by atoms with van der Waals surface area (Å²) in [5, 5.41) is 9.18. The lowest BCUT2D eigenvalue weighted by molar-refractivity contribution is -0.140. The average Bonchev–Trinajstić information content (AvgIpc) is 2.36. The van der Waals surface area contributed by atoms with Crippen LogP contribution in [0.1, 0.15) is 25.5 Å². The molecule has 0 fully saturated rings. The lowest BCUT2D eigenvalue weighted by Gasteiger charge is -2.19. The van der Waals surface area contributed by atoms with Crippen LogP contribution in [0.2, 0.25) is 0 Å². The number of pyridine rings is 1. The van der Waals surface area contributed by atoms with Crippen molar-refractivity contribution in [2.45, 2.75) is 25.2 Å². The van der Waals surface area contributed by atoms with Gasteiger partial charge in [0.25, 0.3) is 0 Å². The van der Waals surface area contributed by atoms with E-state index in [0.29, 0.717) is 12.1 Å². The molecule has 0 aliphatic rings. The van der Waals surface area contributed by atoms with E-state index >= 15 is 0 Å². The summed E-state index contributed by atoms with van der Waals surface area (Å²) in [4.78, 5) is 15.2. The minimum absolute atomic E-state index is 0.219. The van der Waals surface area contributed by atoms with Gasteiger partial charge in [-0.3, -0.25) is 9.78 Å². The summed E-state index contributed by atoms with van der Waals surface area (Å²) in [7, 11) is 1.34. The van der Waals surface area contributed by atoms with Gasteiger partial charge in [-0.2, -0.15) is 5.26 Å². The highest BCUT2D eigenvalue weighted by atomic mass is 16.5. The Bertz CT molecular complexity index is 397. The second-order valence-corrected chi connectivity index (χ2v) is 3.74. The summed E-state index contributed by atoms with van der Waals surface area (Å²) in [5.74, 6) is -0.308. The molecule has 0 saturated heterocycles. The van der Waals surface area contributed by atoms with Crippen LogP contribution in [-0.2, 0) is 14.9 Å². The first-order valence-corrected chi connectivity index (χ1v) is 5.02. The van der Waals surface area contributed by atoms with Crippen LogP contribution in [0, 0.1) is 11.3 Å². The van der Waals surface area contributed by atoms with E-state index in [1.165, 1.54) is 7.11 Å². The molecule has 1 heterocycles. The maximum absolute atomic E-state index is 11.1. The molecule has 1 aromatic heterocycles. The summed E-state index contributed by atoms with van der Waals surface area (Å²) in [6.07, 6.45) is 2.27. The van der Waals surface area contributed by atoms with E-state index in [-0.39, 0.29) is 12.4 Å². The van der Waals surface area contributed by atoms with Gasteiger partial charge in [0.15, 0.2) is 0 Å². The number of methoxy groups -OCH3 is 1. The molecule has 1 rings (SSSR count).